The maximum atomic E-state index is 12.6. The van der Waals surface area contributed by atoms with Crippen LogP contribution in [0.25, 0.3) is 0 Å². The van der Waals surface area contributed by atoms with Crippen molar-refractivity contribution in [1.82, 2.24) is 4.90 Å². The van der Waals surface area contributed by atoms with Gasteiger partial charge < -0.3 is 4.90 Å². The fourth-order valence-corrected chi connectivity index (χ4v) is 3.83. The summed E-state index contributed by atoms with van der Waals surface area (Å²) in [6.45, 7) is 0.868. The van der Waals surface area contributed by atoms with Crippen molar-refractivity contribution in [2.45, 2.75) is 25.3 Å². The number of rotatable bonds is 2. The summed E-state index contributed by atoms with van der Waals surface area (Å²) in [5, 5.41) is 0.861. The van der Waals surface area contributed by atoms with E-state index >= 15 is 0 Å². The smallest absolute Gasteiger partial charge is 0.255 e. The summed E-state index contributed by atoms with van der Waals surface area (Å²) >= 11 is 9.24. The largest absolute Gasteiger partial charge is 0.335 e. The summed E-state index contributed by atoms with van der Waals surface area (Å²) in [4.78, 5) is 14.6. The number of nitrogens with zero attached hydrogens (tertiary/aromatic N) is 1. The zero-order valence-corrected chi connectivity index (χ0v) is 15.2. The second kappa shape index (κ2) is 6.70. The van der Waals surface area contributed by atoms with Crippen molar-refractivity contribution in [3.8, 4) is 0 Å². The molecule has 0 saturated carbocycles. The molecule has 2 nitrogen and oxygen atoms in total. The van der Waals surface area contributed by atoms with Gasteiger partial charge in [-0.3, -0.25) is 4.79 Å². The van der Waals surface area contributed by atoms with Crippen LogP contribution in [0.15, 0.2) is 22.7 Å². The minimum Gasteiger partial charge on any atom is -0.335 e. The van der Waals surface area contributed by atoms with Crippen LogP contribution in [0.1, 0.15) is 29.6 Å². The number of alkyl halides is 1. The van der Waals surface area contributed by atoms with Crippen molar-refractivity contribution in [2.24, 2.45) is 0 Å². The van der Waals surface area contributed by atoms with Crippen molar-refractivity contribution in [1.29, 1.82) is 0 Å². The lowest BCUT2D eigenvalue weighted by Crippen LogP contribution is -2.44. The molecule has 1 heterocycles. The third-order valence-electron chi connectivity index (χ3n) is 3.22. The molecule has 2 rings (SSSR count). The molecule has 0 aliphatic carbocycles. The third kappa shape index (κ3) is 3.28. The molecular formula is C13H14Br2INO. The lowest BCUT2D eigenvalue weighted by molar-refractivity contribution is 0.0641. The molecule has 1 atom stereocenters. The van der Waals surface area contributed by atoms with E-state index in [9.17, 15) is 4.79 Å². The van der Waals surface area contributed by atoms with E-state index in [2.05, 4.69) is 54.5 Å². The van der Waals surface area contributed by atoms with Gasteiger partial charge in [-0.1, -0.05) is 15.9 Å². The maximum Gasteiger partial charge on any atom is 0.255 e. The highest BCUT2D eigenvalue weighted by Gasteiger charge is 2.27. The summed E-state index contributed by atoms with van der Waals surface area (Å²) in [6, 6.07) is 6.23. The molecule has 1 saturated heterocycles. The Labute approximate surface area is 138 Å². The van der Waals surface area contributed by atoms with Crippen LogP contribution >= 0.6 is 54.5 Å². The van der Waals surface area contributed by atoms with E-state index in [1.807, 2.05) is 23.1 Å². The molecule has 0 radical (unpaired) electrons. The first kappa shape index (κ1) is 14.8. The molecule has 5 heteroatoms. The van der Waals surface area contributed by atoms with Gasteiger partial charge in [-0.05, 0) is 76.0 Å². The highest BCUT2D eigenvalue weighted by Crippen LogP contribution is 2.25. The summed E-state index contributed by atoms with van der Waals surface area (Å²) in [5.41, 5.74) is 0.773. The molecule has 98 valence electrons. The normalized spacial score (nSPS) is 19.9. The fourth-order valence-electron chi connectivity index (χ4n) is 2.24. The van der Waals surface area contributed by atoms with Crippen molar-refractivity contribution in [2.75, 3.05) is 11.9 Å². The number of carbonyl (C=O) groups is 1. The van der Waals surface area contributed by atoms with E-state index in [-0.39, 0.29) is 5.91 Å². The van der Waals surface area contributed by atoms with E-state index in [1.165, 1.54) is 6.42 Å². The maximum absolute atomic E-state index is 12.6. The average Bonchev–Trinajstić information content (AvgIpc) is 2.40. The minimum absolute atomic E-state index is 0.143. The number of halogens is 3. The summed E-state index contributed by atoms with van der Waals surface area (Å²) in [7, 11) is 0. The average molecular weight is 487 g/mol. The van der Waals surface area contributed by atoms with Crippen molar-refractivity contribution in [3.63, 3.8) is 0 Å². The number of likely N-dealkylation sites (tertiary alicyclic amines) is 1. The Morgan fingerprint density at radius 1 is 1.44 bits per heavy atom. The number of benzene rings is 1. The summed E-state index contributed by atoms with van der Waals surface area (Å²) in [5.74, 6) is 0.143. The Kier molecular flexibility index (Phi) is 5.50. The predicted octanol–water partition coefficient (Wildman–Crippen LogP) is 4.44. The summed E-state index contributed by atoms with van der Waals surface area (Å²) < 4.78 is 1.97. The number of hydrogen-bond donors (Lipinski definition) is 0. The molecule has 0 N–H and O–H groups in total. The van der Waals surface area contributed by atoms with Gasteiger partial charge in [0, 0.05) is 26.0 Å². The van der Waals surface area contributed by atoms with Crippen LogP contribution in [0.3, 0.4) is 0 Å². The summed E-state index contributed by atoms with van der Waals surface area (Å²) in [6.07, 6.45) is 3.42. The highest BCUT2D eigenvalue weighted by molar-refractivity contribution is 14.1. The molecule has 1 fully saturated rings. The first-order chi connectivity index (χ1) is 8.63. The lowest BCUT2D eigenvalue weighted by Gasteiger charge is -2.35. The van der Waals surface area contributed by atoms with Crippen LogP contribution in [0, 0.1) is 3.57 Å². The number of hydrogen-bond acceptors (Lipinski definition) is 1. The molecule has 1 unspecified atom stereocenters. The highest BCUT2D eigenvalue weighted by atomic mass is 127. The van der Waals surface area contributed by atoms with E-state index in [0.717, 1.165) is 38.3 Å². The third-order valence-corrected chi connectivity index (χ3v) is 5.33. The number of amides is 1. The van der Waals surface area contributed by atoms with Gasteiger partial charge in [0.25, 0.3) is 5.91 Å². The number of carbonyl (C=O) groups excluding carboxylic acids is 1. The van der Waals surface area contributed by atoms with Gasteiger partial charge in [-0.15, -0.1) is 0 Å². The van der Waals surface area contributed by atoms with Gasteiger partial charge in [0.05, 0.1) is 5.56 Å². The van der Waals surface area contributed by atoms with Crippen molar-refractivity contribution >= 4 is 60.4 Å². The molecule has 1 aliphatic heterocycles. The Balaban J connectivity index is 2.26. The second-order valence-corrected chi connectivity index (χ2v) is 7.17. The van der Waals surface area contributed by atoms with E-state index in [4.69, 9.17) is 0 Å². The Hall–Kier alpha value is 0.380. The van der Waals surface area contributed by atoms with Crippen molar-refractivity contribution in [3.05, 3.63) is 31.8 Å². The van der Waals surface area contributed by atoms with Gasteiger partial charge in [0.15, 0.2) is 0 Å². The van der Waals surface area contributed by atoms with Gasteiger partial charge in [-0.25, -0.2) is 0 Å². The molecule has 1 aromatic carbocycles. The van der Waals surface area contributed by atoms with Crippen LogP contribution in [0.5, 0.6) is 0 Å². The van der Waals surface area contributed by atoms with Gasteiger partial charge >= 0.3 is 0 Å². The van der Waals surface area contributed by atoms with Gasteiger partial charge in [0.2, 0.25) is 0 Å². The van der Waals surface area contributed by atoms with Crippen LogP contribution in [0.4, 0.5) is 0 Å². The van der Waals surface area contributed by atoms with E-state index < -0.39 is 0 Å². The Morgan fingerprint density at radius 2 is 2.22 bits per heavy atom. The molecule has 18 heavy (non-hydrogen) atoms. The molecule has 0 spiro atoms. The zero-order chi connectivity index (χ0) is 13.1. The van der Waals surface area contributed by atoms with Gasteiger partial charge in [-0.2, -0.15) is 0 Å². The SMILES string of the molecule is O=C(c1cc(I)ccc1Br)N1CCCCC1CBr. The molecule has 1 aliphatic rings. The van der Waals surface area contributed by atoms with Crippen molar-refractivity contribution < 1.29 is 4.79 Å². The van der Waals surface area contributed by atoms with Crippen LogP contribution < -0.4 is 0 Å². The quantitative estimate of drug-likeness (QED) is 0.447. The molecule has 1 aromatic rings. The Bertz CT molecular complexity index is 453. The van der Waals surface area contributed by atoms with Crippen LogP contribution in [0.2, 0.25) is 0 Å². The van der Waals surface area contributed by atoms with E-state index in [0.29, 0.717) is 6.04 Å². The minimum atomic E-state index is 0.143. The van der Waals surface area contributed by atoms with Crippen LogP contribution in [-0.2, 0) is 0 Å². The molecule has 0 bridgehead atoms. The predicted molar refractivity (Wildman–Crippen MR) is 89.3 cm³/mol. The molecule has 0 aromatic heterocycles. The lowest BCUT2D eigenvalue weighted by atomic mass is 10.0. The van der Waals surface area contributed by atoms with Gasteiger partial charge in [0.1, 0.15) is 0 Å². The number of piperidine rings is 1. The standard InChI is InChI=1S/C13H14Br2INO/c14-8-10-3-1-2-6-17(10)13(18)11-7-9(16)4-5-12(11)15/h4-5,7,10H,1-3,6,8H2. The fraction of sp³-hybridized carbons (Fsp3) is 0.462. The molecular weight excluding hydrogens is 473 g/mol. The monoisotopic (exact) mass is 485 g/mol. The second-order valence-electron chi connectivity index (χ2n) is 4.43. The first-order valence-electron chi connectivity index (χ1n) is 5.95. The van der Waals surface area contributed by atoms with E-state index in [1.54, 1.807) is 0 Å². The first-order valence-corrected chi connectivity index (χ1v) is 8.95. The Morgan fingerprint density at radius 3 is 2.94 bits per heavy atom. The topological polar surface area (TPSA) is 20.3 Å². The van der Waals surface area contributed by atoms with Crippen LogP contribution in [-0.4, -0.2) is 28.7 Å². The zero-order valence-electron chi connectivity index (χ0n) is 9.83. The molecule has 1 amide bonds.